The Morgan fingerprint density at radius 1 is 1.19 bits per heavy atom. The number of rotatable bonds is 7. The maximum Gasteiger partial charge on any atom is 0.409 e. The van der Waals surface area contributed by atoms with Gasteiger partial charge in [0.15, 0.2) is 5.96 Å². The van der Waals surface area contributed by atoms with Crippen LogP contribution in [0.5, 0.6) is 5.75 Å². The average molecular weight is 448 g/mol. The molecule has 2 fully saturated rings. The van der Waals surface area contributed by atoms with Crippen LogP contribution in [-0.4, -0.2) is 94.6 Å². The Morgan fingerprint density at radius 2 is 1.88 bits per heavy atom. The Kier molecular flexibility index (Phi) is 9.43. The van der Waals surface area contributed by atoms with Crippen LogP contribution in [0.3, 0.4) is 0 Å². The van der Waals surface area contributed by atoms with Crippen molar-refractivity contribution in [1.29, 1.82) is 0 Å². The molecule has 3 rings (SSSR count). The SMILES string of the molecule is CCOC(=O)N1CCC(NC(=NC)NCC(c2ccc(OC)cc2)N2CCOCC2)CC1. The van der Waals surface area contributed by atoms with E-state index in [1.54, 1.807) is 19.1 Å². The van der Waals surface area contributed by atoms with Gasteiger partial charge in [-0.25, -0.2) is 4.79 Å². The van der Waals surface area contributed by atoms with E-state index in [2.05, 4.69) is 32.7 Å². The van der Waals surface area contributed by atoms with Crippen LogP contribution in [0.1, 0.15) is 31.4 Å². The number of carbonyl (C=O) groups is 1. The average Bonchev–Trinajstić information content (AvgIpc) is 2.85. The lowest BCUT2D eigenvalue weighted by molar-refractivity contribution is 0.0170. The van der Waals surface area contributed by atoms with Gasteiger partial charge in [0.2, 0.25) is 0 Å². The van der Waals surface area contributed by atoms with Crippen molar-refractivity contribution in [1.82, 2.24) is 20.4 Å². The number of guanidine groups is 1. The summed E-state index contributed by atoms with van der Waals surface area (Å²) in [5.41, 5.74) is 1.23. The molecule has 9 heteroatoms. The van der Waals surface area contributed by atoms with Crippen molar-refractivity contribution in [3.05, 3.63) is 29.8 Å². The summed E-state index contributed by atoms with van der Waals surface area (Å²) in [5.74, 6) is 1.64. The zero-order valence-corrected chi connectivity index (χ0v) is 19.5. The molecular formula is C23H37N5O4. The van der Waals surface area contributed by atoms with Crippen molar-refractivity contribution in [2.75, 3.05) is 66.7 Å². The molecule has 0 aromatic heterocycles. The van der Waals surface area contributed by atoms with Gasteiger partial charge in [-0.05, 0) is 37.5 Å². The van der Waals surface area contributed by atoms with E-state index in [-0.39, 0.29) is 18.2 Å². The van der Waals surface area contributed by atoms with Crippen molar-refractivity contribution in [3.63, 3.8) is 0 Å². The van der Waals surface area contributed by atoms with Gasteiger partial charge in [0.1, 0.15) is 5.75 Å². The number of hydrogen-bond donors (Lipinski definition) is 2. The Morgan fingerprint density at radius 3 is 2.47 bits per heavy atom. The molecule has 32 heavy (non-hydrogen) atoms. The first-order chi connectivity index (χ1) is 15.6. The van der Waals surface area contributed by atoms with E-state index in [1.165, 1.54) is 5.56 Å². The molecule has 1 atom stereocenters. The number of hydrogen-bond acceptors (Lipinski definition) is 6. The van der Waals surface area contributed by atoms with Gasteiger partial charge in [0.05, 0.1) is 33.0 Å². The van der Waals surface area contributed by atoms with Crippen molar-refractivity contribution in [2.24, 2.45) is 4.99 Å². The summed E-state index contributed by atoms with van der Waals surface area (Å²) in [6, 6.07) is 8.74. The van der Waals surface area contributed by atoms with Crippen LogP contribution in [0.2, 0.25) is 0 Å². The fourth-order valence-corrected chi connectivity index (χ4v) is 4.18. The van der Waals surface area contributed by atoms with Crippen molar-refractivity contribution < 1.29 is 19.0 Å². The number of piperidine rings is 1. The predicted molar refractivity (Wildman–Crippen MR) is 124 cm³/mol. The first kappa shape index (κ1) is 24.1. The summed E-state index contributed by atoms with van der Waals surface area (Å²) >= 11 is 0. The van der Waals surface area contributed by atoms with Crippen LogP contribution >= 0.6 is 0 Å². The van der Waals surface area contributed by atoms with Crippen LogP contribution in [0.4, 0.5) is 4.79 Å². The first-order valence-electron chi connectivity index (χ1n) is 11.5. The van der Waals surface area contributed by atoms with E-state index in [0.717, 1.165) is 57.4 Å². The number of amides is 1. The van der Waals surface area contributed by atoms with Gasteiger partial charge in [-0.1, -0.05) is 12.1 Å². The third kappa shape index (κ3) is 6.74. The molecule has 178 valence electrons. The van der Waals surface area contributed by atoms with E-state index in [4.69, 9.17) is 14.2 Å². The van der Waals surface area contributed by atoms with Crippen molar-refractivity contribution in [2.45, 2.75) is 31.8 Å². The van der Waals surface area contributed by atoms with E-state index in [1.807, 2.05) is 19.1 Å². The summed E-state index contributed by atoms with van der Waals surface area (Å²) in [6.07, 6.45) is 1.51. The smallest absolute Gasteiger partial charge is 0.409 e. The Balaban J connectivity index is 1.56. The molecule has 1 unspecified atom stereocenters. The Hall–Kier alpha value is -2.52. The van der Waals surface area contributed by atoms with E-state index in [0.29, 0.717) is 19.7 Å². The standard InChI is InChI=1S/C23H37N5O4/c1-4-32-23(29)28-11-9-19(10-12-28)26-22(24-2)25-17-21(27-13-15-31-16-14-27)18-5-7-20(30-3)8-6-18/h5-8,19,21H,4,9-17H2,1-3H3,(H2,24,25,26). The zero-order chi connectivity index (χ0) is 22.8. The molecule has 2 saturated heterocycles. The molecule has 2 heterocycles. The molecule has 2 N–H and O–H groups in total. The third-order valence-corrected chi connectivity index (χ3v) is 6.04. The normalized spacial score (nSPS) is 19.3. The topological polar surface area (TPSA) is 87.7 Å². The van der Waals surface area contributed by atoms with Crippen LogP contribution in [0, 0.1) is 0 Å². The van der Waals surface area contributed by atoms with Gasteiger partial charge in [-0.15, -0.1) is 0 Å². The number of aliphatic imine (C=N–C) groups is 1. The lowest BCUT2D eigenvalue weighted by Crippen LogP contribution is -2.51. The van der Waals surface area contributed by atoms with Gasteiger partial charge < -0.3 is 29.7 Å². The summed E-state index contributed by atoms with van der Waals surface area (Å²) in [6.45, 7) is 7.65. The first-order valence-corrected chi connectivity index (χ1v) is 11.5. The van der Waals surface area contributed by atoms with Crippen molar-refractivity contribution in [3.8, 4) is 5.75 Å². The van der Waals surface area contributed by atoms with Gasteiger partial charge in [-0.2, -0.15) is 0 Å². The van der Waals surface area contributed by atoms with Crippen LogP contribution < -0.4 is 15.4 Å². The molecule has 0 spiro atoms. The number of methoxy groups -OCH3 is 1. The quantitative estimate of drug-likeness (QED) is 0.487. The second-order valence-electron chi connectivity index (χ2n) is 7.99. The lowest BCUT2D eigenvalue weighted by Gasteiger charge is -2.36. The van der Waals surface area contributed by atoms with E-state index < -0.39 is 0 Å². The fraction of sp³-hybridized carbons (Fsp3) is 0.652. The van der Waals surface area contributed by atoms with Crippen LogP contribution in [0.15, 0.2) is 29.3 Å². The predicted octanol–water partition coefficient (Wildman–Crippen LogP) is 1.85. The lowest BCUT2D eigenvalue weighted by atomic mass is 10.0. The minimum atomic E-state index is -0.221. The summed E-state index contributed by atoms with van der Waals surface area (Å²) in [4.78, 5) is 20.6. The highest BCUT2D eigenvalue weighted by molar-refractivity contribution is 5.80. The molecule has 2 aliphatic heterocycles. The highest BCUT2D eigenvalue weighted by atomic mass is 16.6. The maximum atomic E-state index is 11.9. The largest absolute Gasteiger partial charge is 0.497 e. The summed E-state index contributed by atoms with van der Waals surface area (Å²) < 4.78 is 16.0. The molecule has 0 aliphatic carbocycles. The molecular weight excluding hydrogens is 410 g/mol. The molecule has 2 aliphatic rings. The summed E-state index contributed by atoms with van der Waals surface area (Å²) in [7, 11) is 3.48. The number of ether oxygens (including phenoxy) is 3. The highest BCUT2D eigenvalue weighted by Crippen LogP contribution is 2.23. The third-order valence-electron chi connectivity index (χ3n) is 6.04. The molecule has 0 bridgehead atoms. The Labute approximate surface area is 191 Å². The van der Waals surface area contributed by atoms with Gasteiger partial charge in [0.25, 0.3) is 0 Å². The molecule has 1 aromatic carbocycles. The number of nitrogens with zero attached hydrogens (tertiary/aromatic N) is 3. The van der Waals surface area contributed by atoms with Gasteiger partial charge >= 0.3 is 6.09 Å². The highest BCUT2D eigenvalue weighted by Gasteiger charge is 2.26. The molecule has 0 radical (unpaired) electrons. The second kappa shape index (κ2) is 12.5. The van der Waals surface area contributed by atoms with Crippen molar-refractivity contribution >= 4 is 12.1 Å². The monoisotopic (exact) mass is 447 g/mol. The molecule has 0 saturated carbocycles. The number of morpholine rings is 1. The minimum absolute atomic E-state index is 0.203. The number of nitrogens with one attached hydrogen (secondary N) is 2. The molecule has 1 amide bonds. The zero-order valence-electron chi connectivity index (χ0n) is 19.5. The number of likely N-dealkylation sites (tertiary alicyclic amines) is 1. The van der Waals surface area contributed by atoms with Crippen LogP contribution in [0.25, 0.3) is 0 Å². The molecule has 1 aromatic rings. The number of carbonyl (C=O) groups excluding carboxylic acids is 1. The fourth-order valence-electron chi connectivity index (χ4n) is 4.18. The van der Waals surface area contributed by atoms with E-state index >= 15 is 0 Å². The van der Waals surface area contributed by atoms with E-state index in [9.17, 15) is 4.79 Å². The van der Waals surface area contributed by atoms with Crippen LogP contribution in [-0.2, 0) is 9.47 Å². The Bertz CT molecular complexity index is 728. The minimum Gasteiger partial charge on any atom is -0.497 e. The molecule has 9 nitrogen and oxygen atoms in total. The second-order valence-corrected chi connectivity index (χ2v) is 7.99. The maximum absolute atomic E-state index is 11.9. The van der Waals surface area contributed by atoms with Gasteiger partial charge in [-0.3, -0.25) is 9.89 Å². The number of benzene rings is 1. The van der Waals surface area contributed by atoms with Gasteiger partial charge in [0, 0.05) is 45.8 Å². The summed E-state index contributed by atoms with van der Waals surface area (Å²) in [5, 5.41) is 7.04.